The van der Waals surface area contributed by atoms with Crippen molar-refractivity contribution in [3.8, 4) is 0 Å². The van der Waals surface area contributed by atoms with Crippen LogP contribution >= 0.6 is 0 Å². The van der Waals surface area contributed by atoms with Gasteiger partial charge in [0.15, 0.2) is 6.29 Å². The molecule has 0 bridgehead atoms. The van der Waals surface area contributed by atoms with Crippen LogP contribution in [0.3, 0.4) is 0 Å². The molecule has 1 saturated heterocycles. The summed E-state index contributed by atoms with van der Waals surface area (Å²) in [7, 11) is -4.45. The molecule has 0 radical (unpaired) electrons. The SMILES string of the molecule is CC(=O)OCCCO[C@H]1O[C@H](CS(=O)(=O)O)[C@@H](O)[C@H](O)[C@H]1O. The van der Waals surface area contributed by atoms with Crippen LogP contribution in [0.2, 0.25) is 0 Å². The second-order valence-corrected chi connectivity index (χ2v) is 6.32. The Labute approximate surface area is 127 Å². The zero-order valence-corrected chi connectivity index (χ0v) is 12.7. The minimum atomic E-state index is -4.45. The van der Waals surface area contributed by atoms with E-state index in [1.165, 1.54) is 6.92 Å². The highest BCUT2D eigenvalue weighted by atomic mass is 32.2. The third kappa shape index (κ3) is 6.12. The van der Waals surface area contributed by atoms with Crippen LogP contribution in [0, 0.1) is 0 Å². The molecule has 22 heavy (non-hydrogen) atoms. The van der Waals surface area contributed by atoms with Gasteiger partial charge in [0.1, 0.15) is 30.2 Å². The topological polar surface area (TPSA) is 160 Å². The predicted molar refractivity (Wildman–Crippen MR) is 70.3 cm³/mol. The number of aliphatic hydroxyl groups excluding tert-OH is 3. The van der Waals surface area contributed by atoms with E-state index in [0.29, 0.717) is 0 Å². The summed E-state index contributed by atoms with van der Waals surface area (Å²) < 4.78 is 45.3. The molecule has 0 spiro atoms. The van der Waals surface area contributed by atoms with Crippen LogP contribution in [0.15, 0.2) is 0 Å². The maximum atomic E-state index is 10.8. The summed E-state index contributed by atoms with van der Waals surface area (Å²) in [5, 5.41) is 29.0. The Morgan fingerprint density at radius 3 is 2.32 bits per heavy atom. The Kier molecular flexibility index (Phi) is 7.12. The maximum absolute atomic E-state index is 10.8. The average molecular weight is 344 g/mol. The number of hydrogen-bond donors (Lipinski definition) is 4. The Hall–Kier alpha value is -0.820. The van der Waals surface area contributed by atoms with Crippen molar-refractivity contribution in [1.82, 2.24) is 0 Å². The molecule has 4 N–H and O–H groups in total. The molecule has 1 aliphatic rings. The van der Waals surface area contributed by atoms with Gasteiger partial charge < -0.3 is 29.5 Å². The first kappa shape index (κ1) is 19.2. The lowest BCUT2D eigenvalue weighted by molar-refractivity contribution is -0.292. The molecule has 0 aromatic carbocycles. The number of hydrogen-bond acceptors (Lipinski definition) is 9. The van der Waals surface area contributed by atoms with Crippen LogP contribution in [0.4, 0.5) is 0 Å². The summed E-state index contributed by atoms with van der Waals surface area (Å²) in [6, 6.07) is 0. The van der Waals surface area contributed by atoms with E-state index in [2.05, 4.69) is 4.74 Å². The zero-order chi connectivity index (χ0) is 16.9. The fourth-order valence-electron chi connectivity index (χ4n) is 1.87. The van der Waals surface area contributed by atoms with E-state index in [-0.39, 0.29) is 19.6 Å². The van der Waals surface area contributed by atoms with Gasteiger partial charge >= 0.3 is 5.97 Å². The first-order valence-corrected chi connectivity index (χ1v) is 8.12. The summed E-state index contributed by atoms with van der Waals surface area (Å²) in [6.07, 6.45) is -7.54. The molecule has 1 heterocycles. The molecule has 0 saturated carbocycles. The second kappa shape index (κ2) is 8.15. The van der Waals surface area contributed by atoms with Crippen LogP contribution < -0.4 is 0 Å². The zero-order valence-electron chi connectivity index (χ0n) is 11.9. The van der Waals surface area contributed by atoms with Crippen LogP contribution in [-0.4, -0.2) is 83.9 Å². The van der Waals surface area contributed by atoms with Gasteiger partial charge in [-0.2, -0.15) is 8.42 Å². The molecule has 0 aromatic heterocycles. The van der Waals surface area contributed by atoms with Crippen molar-refractivity contribution >= 4 is 16.1 Å². The van der Waals surface area contributed by atoms with E-state index in [1.54, 1.807) is 0 Å². The van der Waals surface area contributed by atoms with Crippen LogP contribution in [0.25, 0.3) is 0 Å². The molecule has 0 aliphatic carbocycles. The number of esters is 1. The summed E-state index contributed by atoms with van der Waals surface area (Å²) >= 11 is 0. The molecular formula is C11H20O10S. The Bertz CT molecular complexity index is 463. The molecule has 0 aromatic rings. The van der Waals surface area contributed by atoms with E-state index in [9.17, 15) is 28.5 Å². The molecule has 11 heteroatoms. The maximum Gasteiger partial charge on any atom is 0.302 e. The van der Waals surface area contributed by atoms with Gasteiger partial charge in [-0.1, -0.05) is 0 Å². The third-order valence-electron chi connectivity index (χ3n) is 2.92. The van der Waals surface area contributed by atoms with E-state index >= 15 is 0 Å². The van der Waals surface area contributed by atoms with Gasteiger partial charge in [0.05, 0.1) is 13.2 Å². The summed E-state index contributed by atoms with van der Waals surface area (Å²) in [5.41, 5.74) is 0. The van der Waals surface area contributed by atoms with Gasteiger partial charge in [-0.05, 0) is 0 Å². The van der Waals surface area contributed by atoms with Gasteiger partial charge in [0.2, 0.25) is 0 Å². The van der Waals surface area contributed by atoms with Crippen molar-refractivity contribution in [2.75, 3.05) is 19.0 Å². The minimum Gasteiger partial charge on any atom is -0.466 e. The lowest BCUT2D eigenvalue weighted by Crippen LogP contribution is -2.59. The van der Waals surface area contributed by atoms with Crippen LogP contribution in [-0.2, 0) is 29.1 Å². The molecule has 1 rings (SSSR count). The largest absolute Gasteiger partial charge is 0.466 e. The van der Waals surface area contributed by atoms with Gasteiger partial charge in [-0.3, -0.25) is 9.35 Å². The smallest absolute Gasteiger partial charge is 0.302 e. The van der Waals surface area contributed by atoms with Gasteiger partial charge in [-0.25, -0.2) is 0 Å². The van der Waals surface area contributed by atoms with Crippen molar-refractivity contribution in [3.63, 3.8) is 0 Å². The van der Waals surface area contributed by atoms with Gasteiger partial charge in [-0.15, -0.1) is 0 Å². The van der Waals surface area contributed by atoms with Gasteiger partial charge in [0.25, 0.3) is 10.1 Å². The molecule has 0 unspecified atom stereocenters. The highest BCUT2D eigenvalue weighted by Crippen LogP contribution is 2.23. The predicted octanol–water partition coefficient (Wildman–Crippen LogP) is -2.35. The van der Waals surface area contributed by atoms with E-state index in [1.807, 2.05) is 0 Å². The number of carbonyl (C=O) groups excluding carboxylic acids is 1. The molecule has 0 amide bonds. The monoisotopic (exact) mass is 344 g/mol. The minimum absolute atomic E-state index is 0.00355. The third-order valence-corrected chi connectivity index (χ3v) is 3.67. The molecular weight excluding hydrogens is 324 g/mol. The van der Waals surface area contributed by atoms with Crippen molar-refractivity contribution in [2.24, 2.45) is 0 Å². The number of aliphatic hydroxyl groups is 3. The summed E-state index contributed by atoms with van der Waals surface area (Å²) in [5.74, 6) is -1.41. The highest BCUT2D eigenvalue weighted by molar-refractivity contribution is 7.85. The first-order chi connectivity index (χ1) is 10.1. The fraction of sp³-hybridized carbons (Fsp3) is 0.909. The first-order valence-electron chi connectivity index (χ1n) is 6.51. The molecule has 1 aliphatic heterocycles. The van der Waals surface area contributed by atoms with Crippen molar-refractivity contribution in [2.45, 2.75) is 44.1 Å². The van der Waals surface area contributed by atoms with Crippen molar-refractivity contribution < 1.29 is 47.3 Å². The lowest BCUT2D eigenvalue weighted by Gasteiger charge is -2.39. The molecule has 5 atom stereocenters. The van der Waals surface area contributed by atoms with E-state index in [0.717, 1.165) is 0 Å². The molecule has 1 fully saturated rings. The highest BCUT2D eigenvalue weighted by Gasteiger charge is 2.45. The van der Waals surface area contributed by atoms with Crippen molar-refractivity contribution in [1.29, 1.82) is 0 Å². The normalized spacial score (nSPS) is 32.7. The van der Waals surface area contributed by atoms with Gasteiger partial charge in [0, 0.05) is 13.3 Å². The average Bonchev–Trinajstić information content (AvgIpc) is 2.39. The van der Waals surface area contributed by atoms with Crippen LogP contribution in [0.5, 0.6) is 0 Å². The quantitative estimate of drug-likeness (QED) is 0.224. The number of ether oxygens (including phenoxy) is 3. The van der Waals surface area contributed by atoms with E-state index < -0.39 is 52.5 Å². The number of carbonyl (C=O) groups is 1. The Morgan fingerprint density at radius 2 is 1.77 bits per heavy atom. The van der Waals surface area contributed by atoms with E-state index in [4.69, 9.17) is 14.0 Å². The second-order valence-electron chi connectivity index (χ2n) is 4.83. The molecule has 10 nitrogen and oxygen atoms in total. The van der Waals surface area contributed by atoms with Crippen molar-refractivity contribution in [3.05, 3.63) is 0 Å². The number of rotatable bonds is 7. The molecule has 130 valence electrons. The summed E-state index contributed by atoms with van der Waals surface area (Å²) in [6.45, 7) is 1.32. The lowest BCUT2D eigenvalue weighted by atomic mass is 10.00. The Morgan fingerprint density at radius 1 is 1.14 bits per heavy atom. The summed E-state index contributed by atoms with van der Waals surface area (Å²) in [4.78, 5) is 10.5. The Balaban J connectivity index is 2.52. The van der Waals surface area contributed by atoms with Crippen LogP contribution in [0.1, 0.15) is 13.3 Å². The standard InChI is InChI=1S/C11H20O10S/c1-6(12)19-3-2-4-20-11-10(15)9(14)8(13)7(21-11)5-22(16,17)18/h7-11,13-15H,2-5H2,1H3,(H,16,17,18)/t7-,8-,9+,10-,11+/m1/s1. The fourth-order valence-corrected chi connectivity index (χ4v) is 2.56.